The molecule has 1 aliphatic rings. The maximum Gasteiger partial charge on any atom is 0.265 e. The van der Waals surface area contributed by atoms with Crippen molar-refractivity contribution in [1.82, 2.24) is 9.91 Å². The summed E-state index contributed by atoms with van der Waals surface area (Å²) >= 11 is 0. The van der Waals surface area contributed by atoms with Crippen LogP contribution in [0.25, 0.3) is 0 Å². The van der Waals surface area contributed by atoms with Crippen LogP contribution in [0.3, 0.4) is 0 Å². The third kappa shape index (κ3) is 1.44. The van der Waals surface area contributed by atoms with Gasteiger partial charge in [0.05, 0.1) is 0 Å². The Morgan fingerprint density at radius 2 is 2.27 bits per heavy atom. The highest BCUT2D eigenvalue weighted by molar-refractivity contribution is 5.57. The van der Waals surface area contributed by atoms with Gasteiger partial charge in [-0.15, -0.1) is 0 Å². The average Bonchev–Trinajstić information content (AvgIpc) is 2.30. The number of alkyl halides is 1. The predicted molar refractivity (Wildman–Crippen MR) is 42.7 cm³/mol. The fraction of sp³-hybridized carbons (Fsp3) is 0.857. The number of hydrazone groups is 1. The van der Waals surface area contributed by atoms with E-state index in [0.29, 0.717) is 6.54 Å². The van der Waals surface area contributed by atoms with Gasteiger partial charge >= 0.3 is 0 Å². The molecule has 1 atom stereocenters. The van der Waals surface area contributed by atoms with Crippen molar-refractivity contribution in [2.45, 2.75) is 33.2 Å². The minimum atomic E-state index is -1.07. The Hall–Kier alpha value is -0.800. The van der Waals surface area contributed by atoms with Crippen LogP contribution >= 0.6 is 0 Å². The normalized spacial score (nSPS) is 23.9. The lowest BCUT2D eigenvalue weighted by atomic mass is 10.4. The molecule has 1 unspecified atom stereocenters. The van der Waals surface area contributed by atoms with Crippen LogP contribution in [0.4, 0.5) is 4.39 Å². The summed E-state index contributed by atoms with van der Waals surface area (Å²) in [4.78, 5) is 1.59. The molecular weight excluding hydrogens is 145 g/mol. The van der Waals surface area contributed by atoms with E-state index in [0.717, 1.165) is 0 Å². The summed E-state index contributed by atoms with van der Waals surface area (Å²) in [5.74, 6) is 0. The van der Waals surface area contributed by atoms with Gasteiger partial charge in [-0.2, -0.15) is 9.49 Å². The zero-order valence-electron chi connectivity index (χ0n) is 7.16. The quantitative estimate of drug-likeness (QED) is 0.564. The van der Waals surface area contributed by atoms with E-state index in [1.54, 1.807) is 11.2 Å². The molecule has 0 aromatic heterocycles. The number of hydrogen-bond acceptors (Lipinski definition) is 3. The summed E-state index contributed by atoms with van der Waals surface area (Å²) in [5.41, 5.74) is 0. The summed E-state index contributed by atoms with van der Waals surface area (Å²) in [6.45, 7) is 6.38. The Balaban J connectivity index is 2.56. The van der Waals surface area contributed by atoms with Crippen molar-refractivity contribution >= 4 is 6.34 Å². The minimum Gasteiger partial charge on any atom is -0.311 e. The van der Waals surface area contributed by atoms with E-state index in [9.17, 15) is 4.39 Å². The van der Waals surface area contributed by atoms with Gasteiger partial charge in [0.2, 0.25) is 0 Å². The molecule has 0 aliphatic carbocycles. The maximum atomic E-state index is 13.2. The monoisotopic (exact) mass is 159 g/mol. The van der Waals surface area contributed by atoms with Crippen LogP contribution in [0.2, 0.25) is 0 Å². The molecule has 4 heteroatoms. The first-order valence-corrected chi connectivity index (χ1v) is 3.89. The number of halogens is 1. The van der Waals surface area contributed by atoms with Gasteiger partial charge in [-0.25, -0.2) is 5.01 Å². The number of rotatable bonds is 2. The van der Waals surface area contributed by atoms with E-state index < -0.39 is 6.42 Å². The van der Waals surface area contributed by atoms with Crippen molar-refractivity contribution in [3.8, 4) is 0 Å². The molecule has 0 radical (unpaired) electrons. The fourth-order valence-corrected chi connectivity index (χ4v) is 1.00. The second kappa shape index (κ2) is 3.07. The Morgan fingerprint density at radius 3 is 2.55 bits per heavy atom. The van der Waals surface area contributed by atoms with Crippen LogP contribution in [-0.2, 0) is 0 Å². The first-order chi connectivity index (χ1) is 5.16. The minimum absolute atomic E-state index is 0.172. The van der Waals surface area contributed by atoms with Crippen LogP contribution in [0.15, 0.2) is 5.10 Å². The molecule has 1 heterocycles. The molecule has 0 aromatic rings. The van der Waals surface area contributed by atoms with Gasteiger partial charge in [0.25, 0.3) is 6.42 Å². The van der Waals surface area contributed by atoms with Gasteiger partial charge in [-0.3, -0.25) is 0 Å². The first-order valence-electron chi connectivity index (χ1n) is 3.89. The summed E-state index contributed by atoms with van der Waals surface area (Å²) in [5, 5.41) is 5.31. The molecule has 0 saturated carbocycles. The molecule has 1 aliphatic heterocycles. The Bertz CT molecular complexity index is 158. The lowest BCUT2D eigenvalue weighted by Crippen LogP contribution is -2.39. The molecule has 0 amide bonds. The molecule has 0 bridgehead atoms. The highest BCUT2D eigenvalue weighted by Gasteiger charge is 2.27. The van der Waals surface area contributed by atoms with Crippen LogP contribution in [0.1, 0.15) is 20.8 Å². The molecule has 0 fully saturated rings. The van der Waals surface area contributed by atoms with E-state index in [-0.39, 0.29) is 6.04 Å². The van der Waals surface area contributed by atoms with Crippen molar-refractivity contribution < 1.29 is 4.39 Å². The molecule has 11 heavy (non-hydrogen) atoms. The molecule has 0 aromatic carbocycles. The summed E-state index contributed by atoms with van der Waals surface area (Å²) in [6, 6.07) is 0.172. The van der Waals surface area contributed by atoms with E-state index >= 15 is 0 Å². The second-order valence-electron chi connectivity index (χ2n) is 2.84. The summed E-state index contributed by atoms with van der Waals surface area (Å²) in [7, 11) is 0. The first kappa shape index (κ1) is 8.30. The van der Waals surface area contributed by atoms with Crippen LogP contribution in [0, 0.1) is 0 Å². The van der Waals surface area contributed by atoms with Gasteiger partial charge in [0, 0.05) is 12.6 Å². The standard InChI is InChI=1S/C7H14FN3/c1-4-11-7(8)10(5-9-11)6(2)3/h5-7H,4H2,1-3H3. The Kier molecular flexibility index (Phi) is 2.31. The zero-order valence-corrected chi connectivity index (χ0v) is 7.16. The zero-order chi connectivity index (χ0) is 8.43. The molecule has 0 spiro atoms. The average molecular weight is 159 g/mol. The van der Waals surface area contributed by atoms with Crippen molar-refractivity contribution in [3.05, 3.63) is 0 Å². The van der Waals surface area contributed by atoms with Gasteiger partial charge in [0.1, 0.15) is 6.34 Å². The van der Waals surface area contributed by atoms with Crippen LogP contribution < -0.4 is 0 Å². The highest BCUT2D eigenvalue weighted by Crippen LogP contribution is 2.15. The van der Waals surface area contributed by atoms with E-state index in [1.165, 1.54) is 5.01 Å². The number of hydrogen-bond donors (Lipinski definition) is 0. The topological polar surface area (TPSA) is 18.8 Å². The fourth-order valence-electron chi connectivity index (χ4n) is 1.00. The highest BCUT2D eigenvalue weighted by atomic mass is 19.1. The lowest BCUT2D eigenvalue weighted by Gasteiger charge is -2.25. The maximum absolute atomic E-state index is 13.2. The molecule has 1 rings (SSSR count). The van der Waals surface area contributed by atoms with Gasteiger partial charge in [-0.1, -0.05) is 0 Å². The van der Waals surface area contributed by atoms with Gasteiger partial charge in [0.15, 0.2) is 0 Å². The third-order valence-electron chi connectivity index (χ3n) is 1.75. The van der Waals surface area contributed by atoms with E-state index in [4.69, 9.17) is 0 Å². The third-order valence-corrected chi connectivity index (χ3v) is 1.75. The molecule has 0 N–H and O–H groups in total. The summed E-state index contributed by atoms with van der Waals surface area (Å²) < 4.78 is 13.2. The van der Waals surface area contributed by atoms with Crippen LogP contribution in [0.5, 0.6) is 0 Å². The SMILES string of the molecule is CCN1N=CN(C(C)C)C1F. The lowest BCUT2D eigenvalue weighted by molar-refractivity contribution is 0.00590. The second-order valence-corrected chi connectivity index (χ2v) is 2.84. The molecule has 3 nitrogen and oxygen atoms in total. The molecular formula is C7H14FN3. The number of nitrogens with zero attached hydrogens (tertiary/aromatic N) is 3. The smallest absolute Gasteiger partial charge is 0.265 e. The largest absolute Gasteiger partial charge is 0.311 e. The van der Waals surface area contributed by atoms with Crippen molar-refractivity contribution in [2.24, 2.45) is 5.10 Å². The van der Waals surface area contributed by atoms with Crippen molar-refractivity contribution in [3.63, 3.8) is 0 Å². The summed E-state index contributed by atoms with van der Waals surface area (Å²) in [6.07, 6.45) is 0.485. The van der Waals surface area contributed by atoms with Gasteiger partial charge in [-0.05, 0) is 20.8 Å². The predicted octanol–water partition coefficient (Wildman–Crippen LogP) is 1.23. The molecule has 64 valence electrons. The van der Waals surface area contributed by atoms with Crippen molar-refractivity contribution in [1.29, 1.82) is 0 Å². The Morgan fingerprint density at radius 1 is 1.64 bits per heavy atom. The van der Waals surface area contributed by atoms with Crippen molar-refractivity contribution in [2.75, 3.05) is 6.54 Å². The van der Waals surface area contributed by atoms with E-state index in [1.807, 2.05) is 20.8 Å². The molecule has 0 saturated heterocycles. The van der Waals surface area contributed by atoms with E-state index in [2.05, 4.69) is 5.10 Å². The van der Waals surface area contributed by atoms with Crippen LogP contribution in [-0.4, -0.2) is 35.3 Å². The Labute approximate surface area is 66.5 Å². The van der Waals surface area contributed by atoms with Gasteiger partial charge < -0.3 is 4.90 Å².